The molecule has 6 rings (SSSR count). The lowest BCUT2D eigenvalue weighted by Crippen LogP contribution is -2.61. The van der Waals surface area contributed by atoms with Gasteiger partial charge in [-0.2, -0.15) is 0 Å². The van der Waals surface area contributed by atoms with Crippen LogP contribution in [0.15, 0.2) is 91.5 Å². The molecule has 412 valence electrons. The van der Waals surface area contributed by atoms with Crippen LogP contribution in [0.2, 0.25) is 0 Å². The number of imidazole rings is 1. The third-order valence-corrected chi connectivity index (χ3v) is 15.2. The second-order valence-electron chi connectivity index (χ2n) is 18.9. The summed E-state index contributed by atoms with van der Waals surface area (Å²) in [6, 6.07) is 7.44. The number of amides is 8. The number of aromatic amines is 2. The number of para-hydroxylation sites is 1. The van der Waals surface area contributed by atoms with E-state index < -0.39 is 113 Å². The zero-order valence-corrected chi connectivity index (χ0v) is 44.1. The Balaban J connectivity index is 1.38. The zero-order chi connectivity index (χ0) is 55.6. The highest BCUT2D eigenvalue weighted by molar-refractivity contribution is 8.76. The van der Waals surface area contributed by atoms with Crippen molar-refractivity contribution >= 4 is 79.7 Å². The van der Waals surface area contributed by atoms with Crippen LogP contribution in [-0.2, 0) is 64.0 Å². The molecule has 0 bridgehead atoms. The van der Waals surface area contributed by atoms with E-state index in [-0.39, 0.29) is 61.3 Å². The third kappa shape index (κ3) is 17.1. The first-order chi connectivity index (χ1) is 36.9. The minimum atomic E-state index is -1.48. The summed E-state index contributed by atoms with van der Waals surface area (Å²) in [6.45, 7) is 3.57. The number of hydrogen-bond donors (Lipinski definition) is 12. The highest BCUT2D eigenvalue weighted by Crippen LogP contribution is 2.25. The average Bonchev–Trinajstić information content (AvgIpc) is 4.08. The maximum Gasteiger partial charge on any atom is 0.244 e. The van der Waals surface area contributed by atoms with Gasteiger partial charge in [0, 0.05) is 59.8 Å². The number of H-pyrrole nitrogens is 2. The molecule has 1 aliphatic heterocycles. The Morgan fingerprint density at radius 1 is 0.714 bits per heavy atom. The Bertz CT molecular complexity index is 2860. The second kappa shape index (κ2) is 28.7. The van der Waals surface area contributed by atoms with Crippen LogP contribution in [0, 0.1) is 17.6 Å². The maximum atomic E-state index is 14.8. The molecule has 0 aliphatic carbocycles. The number of rotatable bonds is 18. The van der Waals surface area contributed by atoms with E-state index in [0.29, 0.717) is 24.1 Å². The van der Waals surface area contributed by atoms with E-state index in [1.54, 1.807) is 38.2 Å². The van der Waals surface area contributed by atoms with Crippen molar-refractivity contribution in [2.45, 2.75) is 107 Å². The Hall–Kier alpha value is -7.35. The molecule has 0 spiro atoms. The van der Waals surface area contributed by atoms with Crippen molar-refractivity contribution in [3.63, 3.8) is 0 Å². The van der Waals surface area contributed by atoms with E-state index in [0.717, 1.165) is 32.5 Å². The average molecular weight is 1100 g/mol. The fraction of sp³-hybridized carbons (Fsp3) is 0.404. The molecule has 4 unspecified atom stereocenters. The van der Waals surface area contributed by atoms with Crippen molar-refractivity contribution in [2.75, 3.05) is 18.1 Å². The van der Waals surface area contributed by atoms with Gasteiger partial charge in [-0.25, -0.2) is 13.8 Å². The van der Waals surface area contributed by atoms with Gasteiger partial charge in [0.05, 0.1) is 12.4 Å². The number of carbonyl (C=O) groups is 8. The summed E-state index contributed by atoms with van der Waals surface area (Å²) in [6.07, 6.45) is 4.51. The number of nitrogens with zero attached hydrogens (tertiary/aromatic N) is 1. The first kappa shape index (κ1) is 58.9. The summed E-state index contributed by atoms with van der Waals surface area (Å²) in [7, 11) is 1.94. The molecule has 0 radical (unpaired) electrons. The number of fused-ring (bicyclic) bond motifs is 1. The van der Waals surface area contributed by atoms with E-state index in [2.05, 4.69) is 52.2 Å². The van der Waals surface area contributed by atoms with Crippen LogP contribution in [0.3, 0.4) is 0 Å². The highest BCUT2D eigenvalue weighted by Gasteiger charge is 2.36. The molecular formula is C52H65F2N13O8S2. The molecule has 15 N–H and O–H groups in total. The highest BCUT2D eigenvalue weighted by atomic mass is 33.1. The molecule has 77 heavy (non-hydrogen) atoms. The Morgan fingerprint density at radius 3 is 1.97 bits per heavy atom. The van der Waals surface area contributed by atoms with Crippen LogP contribution in [0.1, 0.15) is 55.5 Å². The second-order valence-corrected chi connectivity index (χ2v) is 21.4. The number of aromatic nitrogens is 3. The Morgan fingerprint density at radius 2 is 1.32 bits per heavy atom. The van der Waals surface area contributed by atoms with Gasteiger partial charge in [-0.3, -0.25) is 38.4 Å². The molecular weight excluding hydrogens is 1040 g/mol. The van der Waals surface area contributed by atoms with E-state index in [4.69, 9.17) is 17.2 Å². The topological polar surface area (TPSA) is 343 Å². The number of nitrogens with one attached hydrogen (secondary N) is 9. The number of carbonyl (C=O) groups excluding carboxylic acids is 8. The minimum absolute atomic E-state index is 0.0555. The normalized spacial score (nSPS) is 21.2. The molecule has 3 aromatic carbocycles. The van der Waals surface area contributed by atoms with Crippen molar-refractivity contribution < 1.29 is 47.1 Å². The van der Waals surface area contributed by atoms with Gasteiger partial charge in [-0.15, -0.1) is 0 Å². The molecule has 1 saturated heterocycles. The molecule has 0 saturated carbocycles. The van der Waals surface area contributed by atoms with Crippen molar-refractivity contribution in [3.8, 4) is 0 Å². The summed E-state index contributed by atoms with van der Waals surface area (Å²) in [5, 5.41) is 19.6. The minimum Gasteiger partial charge on any atom is -0.368 e. The van der Waals surface area contributed by atoms with Crippen molar-refractivity contribution in [1.29, 1.82) is 0 Å². The van der Waals surface area contributed by atoms with Gasteiger partial charge in [0.15, 0.2) is 0 Å². The largest absolute Gasteiger partial charge is 0.368 e. The van der Waals surface area contributed by atoms with Crippen molar-refractivity contribution in [2.24, 2.45) is 23.1 Å². The van der Waals surface area contributed by atoms with Gasteiger partial charge in [-0.1, -0.05) is 90.0 Å². The zero-order valence-electron chi connectivity index (χ0n) is 42.4. The number of hydrogen-bond acceptors (Lipinski definition) is 13. The van der Waals surface area contributed by atoms with Gasteiger partial charge in [0.25, 0.3) is 0 Å². The van der Waals surface area contributed by atoms with Crippen LogP contribution in [0.5, 0.6) is 0 Å². The number of benzene rings is 3. The van der Waals surface area contributed by atoms with Gasteiger partial charge < -0.3 is 64.4 Å². The molecule has 3 heterocycles. The van der Waals surface area contributed by atoms with Gasteiger partial charge in [0.2, 0.25) is 47.3 Å². The van der Waals surface area contributed by atoms with Crippen LogP contribution >= 0.6 is 21.6 Å². The number of unbranched alkanes of at least 4 members (excludes halogenated alkanes) is 1. The number of halogens is 2. The van der Waals surface area contributed by atoms with Crippen molar-refractivity contribution in [1.82, 2.24) is 52.2 Å². The molecule has 8 atom stereocenters. The quantitative estimate of drug-likeness (QED) is 0.0428. The summed E-state index contributed by atoms with van der Waals surface area (Å²) in [5.74, 6) is -9.23. The fourth-order valence-corrected chi connectivity index (χ4v) is 10.8. The summed E-state index contributed by atoms with van der Waals surface area (Å²) >= 11 is 0. The monoisotopic (exact) mass is 1100 g/mol. The van der Waals surface area contributed by atoms with Gasteiger partial charge in [-0.05, 0) is 73.0 Å². The fourth-order valence-electron chi connectivity index (χ4n) is 8.43. The summed E-state index contributed by atoms with van der Waals surface area (Å²) in [5.41, 5.74) is 19.8. The van der Waals surface area contributed by atoms with Crippen LogP contribution in [0.25, 0.3) is 10.9 Å². The summed E-state index contributed by atoms with van der Waals surface area (Å²) in [4.78, 5) is 124. The summed E-state index contributed by atoms with van der Waals surface area (Å²) < 4.78 is 29.5. The van der Waals surface area contributed by atoms with Crippen LogP contribution < -0.4 is 54.4 Å². The predicted octanol–water partition coefficient (Wildman–Crippen LogP) is 0.826. The molecule has 21 nitrogen and oxygen atoms in total. The molecule has 1 fully saturated rings. The lowest BCUT2D eigenvalue weighted by Gasteiger charge is -2.29. The van der Waals surface area contributed by atoms with Crippen molar-refractivity contribution in [3.05, 3.63) is 126 Å². The molecule has 5 aromatic rings. The van der Waals surface area contributed by atoms with Gasteiger partial charge in [0.1, 0.15) is 53.9 Å². The van der Waals surface area contributed by atoms with Gasteiger partial charge >= 0.3 is 0 Å². The van der Waals surface area contributed by atoms with E-state index in [1.807, 2.05) is 18.2 Å². The Kier molecular flexibility index (Phi) is 21.9. The molecule has 2 aromatic heterocycles. The smallest absolute Gasteiger partial charge is 0.244 e. The third-order valence-electron chi connectivity index (χ3n) is 12.8. The predicted molar refractivity (Wildman–Crippen MR) is 288 cm³/mol. The SMILES string of the molecule is CC(C)C1NC(=O)[C@H](CCCCN)NC(=O)C(Cc2c[nH]c3ccccc23)NC(=O)[C@H](Cc2cnc[nH]2)NC(=O)C(NC(=O)[C@@H](N)Cc2ccccc2F)CSSCC(C(=O)N[C@@H](Cc2ccccc2F)C(N)=O)NC1=O. The number of nitrogens with two attached hydrogens (primary N) is 3. The standard InChI is InChI=1S/C52H65F2N13O8S2/c1-28(2)44-52(75)66-43(50(73)62-39(45(57)68)20-30-12-4-7-15-35(30)54)26-77-76-25-42(65-46(69)36(56)19-29-11-3-6-14-34(29)53)51(74)64-41(22-32-24-58-27-60-32)49(72)63-40(21-31-23-59-37-16-8-5-13-33(31)37)48(71)61-38(47(70)67-44)17-9-10-18-55/h3-8,11-16,23-24,27-28,36,38-44,59H,9-10,17-22,25-26,55-56H2,1-2H3,(H2,57,68)(H,58,60)(H,61,71)(H,62,73)(H,63,72)(H,64,74)(H,65,69)(H,66,75)(H,67,70)/t36-,38-,39-,40?,41-,42?,43?,44?/m0/s1. The van der Waals surface area contributed by atoms with Crippen LogP contribution in [0.4, 0.5) is 8.78 Å². The Labute approximate surface area is 451 Å². The first-order valence-corrected chi connectivity index (χ1v) is 27.5. The lowest BCUT2D eigenvalue weighted by atomic mass is 10.00. The van der Waals surface area contributed by atoms with E-state index in [1.165, 1.54) is 48.9 Å². The first-order valence-electron chi connectivity index (χ1n) is 25.0. The van der Waals surface area contributed by atoms with E-state index in [9.17, 15) is 47.1 Å². The molecule has 25 heteroatoms. The van der Waals surface area contributed by atoms with E-state index >= 15 is 0 Å². The van der Waals surface area contributed by atoms with Crippen LogP contribution in [-0.4, -0.2) is 129 Å². The number of primary amides is 1. The maximum absolute atomic E-state index is 14.8. The molecule has 8 amide bonds. The molecule has 1 aliphatic rings. The lowest BCUT2D eigenvalue weighted by molar-refractivity contribution is -0.136.